The first-order valence-corrected chi connectivity index (χ1v) is 5.31. The van der Waals surface area contributed by atoms with E-state index in [9.17, 15) is 4.79 Å². The predicted molar refractivity (Wildman–Crippen MR) is 55.5 cm³/mol. The molecule has 0 bridgehead atoms. The van der Waals surface area contributed by atoms with Gasteiger partial charge in [0, 0.05) is 11.8 Å². The van der Waals surface area contributed by atoms with Gasteiger partial charge in [0.1, 0.15) is 11.3 Å². The zero-order chi connectivity index (χ0) is 10.6. The van der Waals surface area contributed by atoms with Gasteiger partial charge in [-0.15, -0.1) is 11.8 Å². The van der Waals surface area contributed by atoms with Gasteiger partial charge in [0.25, 0.3) is 0 Å². The summed E-state index contributed by atoms with van der Waals surface area (Å²) in [6, 6.07) is 1.46. The number of thioether (sulfide) groups is 1. The maximum absolute atomic E-state index is 10.7. The van der Waals surface area contributed by atoms with E-state index in [1.165, 1.54) is 12.3 Å². The van der Waals surface area contributed by atoms with E-state index in [-0.39, 0.29) is 5.56 Å². The first-order chi connectivity index (χ1) is 6.65. The second kappa shape index (κ2) is 5.07. The van der Waals surface area contributed by atoms with Crippen LogP contribution < -0.4 is 5.73 Å². The first-order valence-electron chi connectivity index (χ1n) is 4.26. The van der Waals surface area contributed by atoms with Crippen molar-refractivity contribution in [2.75, 3.05) is 6.54 Å². The molecule has 78 valence electrons. The van der Waals surface area contributed by atoms with Crippen molar-refractivity contribution in [2.45, 2.75) is 17.9 Å². The maximum Gasteiger partial charge on any atom is 0.339 e. The van der Waals surface area contributed by atoms with E-state index >= 15 is 0 Å². The summed E-state index contributed by atoms with van der Waals surface area (Å²) >= 11 is 1.58. The summed E-state index contributed by atoms with van der Waals surface area (Å²) in [5.41, 5.74) is 5.68. The van der Waals surface area contributed by atoms with Gasteiger partial charge in [-0.2, -0.15) is 0 Å². The molecule has 0 fully saturated rings. The molecule has 0 aliphatic carbocycles. The monoisotopic (exact) mass is 215 g/mol. The van der Waals surface area contributed by atoms with Crippen LogP contribution in [0.1, 0.15) is 23.0 Å². The van der Waals surface area contributed by atoms with Crippen LogP contribution in [0.5, 0.6) is 0 Å². The van der Waals surface area contributed by atoms with Gasteiger partial charge in [-0.05, 0) is 6.07 Å². The van der Waals surface area contributed by atoms with Crippen molar-refractivity contribution in [1.82, 2.24) is 0 Å². The highest BCUT2D eigenvalue weighted by molar-refractivity contribution is 7.99. The van der Waals surface area contributed by atoms with E-state index in [1.807, 2.05) is 6.92 Å². The molecule has 0 radical (unpaired) electrons. The van der Waals surface area contributed by atoms with Gasteiger partial charge in [-0.1, -0.05) is 6.92 Å². The number of aromatic carboxylic acids is 1. The summed E-state index contributed by atoms with van der Waals surface area (Å²) < 4.78 is 5.08. The number of carbonyl (C=O) groups is 1. The van der Waals surface area contributed by atoms with Gasteiger partial charge in [-0.3, -0.25) is 0 Å². The predicted octanol–water partition coefficient (Wildman–Crippen LogP) is 1.56. The van der Waals surface area contributed by atoms with Crippen molar-refractivity contribution in [1.29, 1.82) is 0 Å². The fraction of sp³-hybridized carbons (Fsp3) is 0.444. The molecule has 5 heteroatoms. The minimum absolute atomic E-state index is 0.238. The lowest BCUT2D eigenvalue weighted by molar-refractivity contribution is 0.0695. The average molecular weight is 215 g/mol. The molecule has 0 aliphatic rings. The minimum atomic E-state index is -0.949. The molecule has 4 nitrogen and oxygen atoms in total. The quantitative estimate of drug-likeness (QED) is 0.779. The molecule has 0 saturated heterocycles. The second-order valence-corrected chi connectivity index (χ2v) is 4.35. The van der Waals surface area contributed by atoms with Crippen molar-refractivity contribution in [2.24, 2.45) is 5.73 Å². The van der Waals surface area contributed by atoms with Crippen LogP contribution in [0.3, 0.4) is 0 Å². The molecular formula is C9H13NO3S. The second-order valence-electron chi connectivity index (χ2n) is 2.92. The van der Waals surface area contributed by atoms with E-state index in [4.69, 9.17) is 15.3 Å². The number of rotatable bonds is 5. The molecule has 1 rings (SSSR count). The van der Waals surface area contributed by atoms with Crippen LogP contribution in [0.2, 0.25) is 0 Å². The third-order valence-electron chi connectivity index (χ3n) is 1.81. The molecule has 0 aliphatic heterocycles. The summed E-state index contributed by atoms with van der Waals surface area (Å²) in [5, 5.41) is 9.09. The molecule has 1 aromatic heterocycles. The molecule has 0 spiro atoms. The Morgan fingerprint density at radius 1 is 1.79 bits per heavy atom. The van der Waals surface area contributed by atoms with E-state index in [0.717, 1.165) is 0 Å². The van der Waals surface area contributed by atoms with Crippen LogP contribution in [0, 0.1) is 0 Å². The highest BCUT2D eigenvalue weighted by Crippen LogP contribution is 2.20. The lowest BCUT2D eigenvalue weighted by Gasteiger charge is -2.06. The Labute approximate surface area is 86.5 Å². The normalized spacial score (nSPS) is 12.7. The lowest BCUT2D eigenvalue weighted by Crippen LogP contribution is -2.12. The number of furan rings is 1. The fourth-order valence-corrected chi connectivity index (χ4v) is 1.72. The molecule has 1 heterocycles. The highest BCUT2D eigenvalue weighted by atomic mass is 32.2. The summed E-state index contributed by atoms with van der Waals surface area (Å²) in [5.74, 6) is 0.102. The number of hydrogen-bond donors (Lipinski definition) is 2. The number of nitrogens with two attached hydrogens (primary N) is 1. The Bertz CT molecular complexity index is 311. The Morgan fingerprint density at radius 2 is 2.50 bits per heavy atom. The van der Waals surface area contributed by atoms with Gasteiger partial charge in [0.15, 0.2) is 0 Å². The summed E-state index contributed by atoms with van der Waals surface area (Å²) in [6.45, 7) is 2.57. The fourth-order valence-electron chi connectivity index (χ4n) is 0.929. The smallest absolute Gasteiger partial charge is 0.339 e. The van der Waals surface area contributed by atoms with Crippen LogP contribution >= 0.6 is 11.8 Å². The van der Waals surface area contributed by atoms with Gasteiger partial charge in [0.05, 0.1) is 12.0 Å². The van der Waals surface area contributed by atoms with Crippen molar-refractivity contribution >= 4 is 17.7 Å². The van der Waals surface area contributed by atoms with Crippen LogP contribution in [-0.4, -0.2) is 22.9 Å². The van der Waals surface area contributed by atoms with E-state index in [2.05, 4.69) is 0 Å². The third-order valence-corrected chi connectivity index (χ3v) is 3.00. The zero-order valence-corrected chi connectivity index (χ0v) is 8.71. The molecular weight excluding hydrogens is 202 g/mol. The Morgan fingerprint density at radius 3 is 3.07 bits per heavy atom. The average Bonchev–Trinajstić information content (AvgIpc) is 2.62. The maximum atomic E-state index is 10.7. The van der Waals surface area contributed by atoms with Crippen LogP contribution in [0.4, 0.5) is 0 Å². The lowest BCUT2D eigenvalue weighted by atomic mass is 10.3. The van der Waals surface area contributed by atoms with Crippen LogP contribution in [-0.2, 0) is 5.75 Å². The summed E-state index contributed by atoms with van der Waals surface area (Å²) in [7, 11) is 0. The first kappa shape index (κ1) is 11.1. The standard InChI is InChI=1S/C9H13NO3S/c1-6(4-10)14-5-8-7(9(11)12)2-3-13-8/h2-3,6H,4-5,10H2,1H3,(H,11,12). The van der Waals surface area contributed by atoms with Crippen molar-refractivity contribution in [3.8, 4) is 0 Å². The molecule has 1 unspecified atom stereocenters. The Hall–Kier alpha value is -0.940. The van der Waals surface area contributed by atoms with Crippen LogP contribution in [0.25, 0.3) is 0 Å². The SMILES string of the molecule is CC(CN)SCc1occc1C(=O)O. The molecule has 1 atom stereocenters. The largest absolute Gasteiger partial charge is 0.478 e. The van der Waals surface area contributed by atoms with Gasteiger partial charge >= 0.3 is 5.97 Å². The van der Waals surface area contributed by atoms with Crippen molar-refractivity contribution in [3.63, 3.8) is 0 Å². The summed E-state index contributed by atoms with van der Waals surface area (Å²) in [4.78, 5) is 10.7. The van der Waals surface area contributed by atoms with Crippen LogP contribution in [0.15, 0.2) is 16.7 Å². The molecule has 3 N–H and O–H groups in total. The van der Waals surface area contributed by atoms with E-state index in [0.29, 0.717) is 23.3 Å². The van der Waals surface area contributed by atoms with Gasteiger partial charge in [-0.25, -0.2) is 4.79 Å². The van der Waals surface area contributed by atoms with Gasteiger partial charge in [0.2, 0.25) is 0 Å². The molecule has 1 aromatic rings. The van der Waals surface area contributed by atoms with E-state index in [1.54, 1.807) is 11.8 Å². The number of hydrogen-bond acceptors (Lipinski definition) is 4. The molecule has 0 aromatic carbocycles. The highest BCUT2D eigenvalue weighted by Gasteiger charge is 2.13. The van der Waals surface area contributed by atoms with Crippen molar-refractivity contribution in [3.05, 3.63) is 23.7 Å². The topological polar surface area (TPSA) is 76.5 Å². The Kier molecular flexibility index (Phi) is 4.03. The minimum Gasteiger partial charge on any atom is -0.478 e. The van der Waals surface area contributed by atoms with Crippen molar-refractivity contribution < 1.29 is 14.3 Å². The summed E-state index contributed by atoms with van der Waals surface area (Å²) in [6.07, 6.45) is 1.40. The molecule has 14 heavy (non-hydrogen) atoms. The number of carboxylic acid groups (broad SMARTS) is 1. The Balaban J connectivity index is 2.58. The molecule has 0 saturated carbocycles. The number of carboxylic acids is 1. The van der Waals surface area contributed by atoms with Gasteiger partial charge < -0.3 is 15.3 Å². The van der Waals surface area contributed by atoms with E-state index < -0.39 is 5.97 Å². The third kappa shape index (κ3) is 2.78. The zero-order valence-electron chi connectivity index (χ0n) is 7.90. The molecule has 0 amide bonds.